The van der Waals surface area contributed by atoms with Gasteiger partial charge >= 0.3 is 0 Å². The average Bonchev–Trinajstić information content (AvgIpc) is 3.03. The Kier molecular flexibility index (Phi) is 4.28. The van der Waals surface area contributed by atoms with Crippen LogP contribution in [0.25, 0.3) is 0 Å². The van der Waals surface area contributed by atoms with Crippen molar-refractivity contribution < 1.29 is 0 Å². The van der Waals surface area contributed by atoms with Crippen molar-refractivity contribution in [2.75, 3.05) is 6.54 Å². The number of hydrogen-bond acceptors (Lipinski definition) is 1. The fourth-order valence-corrected chi connectivity index (χ4v) is 5.21. The molecule has 0 aromatic rings. The Labute approximate surface area is 113 Å². The quantitative estimate of drug-likeness (QED) is 0.763. The second-order valence-corrected chi connectivity index (χ2v) is 7.22. The zero-order valence-corrected chi connectivity index (χ0v) is 12.2. The van der Waals surface area contributed by atoms with Crippen molar-refractivity contribution in [3.8, 4) is 0 Å². The molecule has 3 saturated carbocycles. The maximum absolute atomic E-state index is 3.97. The molecule has 3 fully saturated rings. The summed E-state index contributed by atoms with van der Waals surface area (Å²) >= 11 is 0. The van der Waals surface area contributed by atoms with Crippen LogP contribution in [0.4, 0.5) is 0 Å². The van der Waals surface area contributed by atoms with Gasteiger partial charge in [-0.1, -0.05) is 32.6 Å². The summed E-state index contributed by atoms with van der Waals surface area (Å²) in [4.78, 5) is 0. The zero-order valence-electron chi connectivity index (χ0n) is 12.2. The molecule has 3 rings (SSSR count). The van der Waals surface area contributed by atoms with E-state index in [0.717, 1.165) is 29.7 Å². The minimum absolute atomic E-state index is 0.876. The van der Waals surface area contributed by atoms with Gasteiger partial charge in [0.05, 0.1) is 0 Å². The van der Waals surface area contributed by atoms with E-state index in [0.29, 0.717) is 0 Å². The summed E-state index contributed by atoms with van der Waals surface area (Å²) in [5.74, 6) is 4.24. The van der Waals surface area contributed by atoms with Crippen LogP contribution in [-0.2, 0) is 0 Å². The van der Waals surface area contributed by atoms with Gasteiger partial charge in [-0.3, -0.25) is 0 Å². The highest BCUT2D eigenvalue weighted by Gasteiger charge is 2.44. The second kappa shape index (κ2) is 5.94. The average molecular weight is 249 g/mol. The molecule has 18 heavy (non-hydrogen) atoms. The first-order valence-electron chi connectivity index (χ1n) is 8.62. The van der Waals surface area contributed by atoms with E-state index in [1.54, 1.807) is 25.7 Å². The first-order chi connectivity index (χ1) is 8.88. The van der Waals surface area contributed by atoms with Gasteiger partial charge in [-0.15, -0.1) is 0 Å². The molecule has 4 atom stereocenters. The van der Waals surface area contributed by atoms with Gasteiger partial charge in [-0.2, -0.15) is 0 Å². The Balaban J connectivity index is 1.64. The Bertz CT molecular complexity index is 256. The molecule has 1 nitrogen and oxygen atoms in total. The second-order valence-electron chi connectivity index (χ2n) is 7.22. The topological polar surface area (TPSA) is 12.0 Å². The lowest BCUT2D eigenvalue weighted by atomic mass is 9.73. The monoisotopic (exact) mass is 249 g/mol. The Morgan fingerprint density at radius 3 is 2.44 bits per heavy atom. The van der Waals surface area contributed by atoms with Crippen molar-refractivity contribution in [2.24, 2.45) is 23.7 Å². The summed E-state index contributed by atoms with van der Waals surface area (Å²) in [6, 6.07) is 0.876. The number of fused-ring (bicyclic) bond motifs is 2. The van der Waals surface area contributed by atoms with Crippen molar-refractivity contribution in [1.82, 2.24) is 5.32 Å². The lowest BCUT2D eigenvalue weighted by Gasteiger charge is -2.38. The van der Waals surface area contributed by atoms with Gasteiger partial charge < -0.3 is 5.32 Å². The van der Waals surface area contributed by atoms with Crippen LogP contribution in [-0.4, -0.2) is 12.6 Å². The zero-order chi connectivity index (χ0) is 12.4. The molecule has 0 aromatic carbocycles. The van der Waals surface area contributed by atoms with E-state index in [2.05, 4.69) is 12.2 Å². The molecular formula is C17H31N. The highest BCUT2D eigenvalue weighted by atomic mass is 14.9. The smallest absolute Gasteiger partial charge is 0.0126 e. The molecule has 0 saturated heterocycles. The van der Waals surface area contributed by atoms with Crippen molar-refractivity contribution in [1.29, 1.82) is 0 Å². The molecule has 1 heteroatoms. The standard InChI is InChI=1S/C17H31N/c1-2-10-18-17(14-6-4-3-5-7-14)16-12-13-8-9-15(16)11-13/h13-18H,2-12H2,1H3. The van der Waals surface area contributed by atoms with E-state index in [1.807, 2.05) is 0 Å². The van der Waals surface area contributed by atoms with E-state index < -0.39 is 0 Å². The van der Waals surface area contributed by atoms with Gasteiger partial charge in [0.2, 0.25) is 0 Å². The van der Waals surface area contributed by atoms with E-state index in [4.69, 9.17) is 0 Å². The molecule has 0 spiro atoms. The van der Waals surface area contributed by atoms with E-state index in [1.165, 1.54) is 45.1 Å². The van der Waals surface area contributed by atoms with Gasteiger partial charge in [0.25, 0.3) is 0 Å². The van der Waals surface area contributed by atoms with E-state index >= 15 is 0 Å². The predicted octanol–water partition coefficient (Wildman–Crippen LogP) is 4.37. The summed E-state index contributed by atoms with van der Waals surface area (Å²) in [5.41, 5.74) is 0. The lowest BCUT2D eigenvalue weighted by Crippen LogP contribution is -2.45. The number of rotatable bonds is 5. The predicted molar refractivity (Wildman–Crippen MR) is 77.6 cm³/mol. The highest BCUT2D eigenvalue weighted by Crippen LogP contribution is 2.51. The van der Waals surface area contributed by atoms with E-state index in [-0.39, 0.29) is 0 Å². The number of hydrogen-bond donors (Lipinski definition) is 1. The highest BCUT2D eigenvalue weighted by molar-refractivity contribution is 4.97. The van der Waals surface area contributed by atoms with Crippen molar-refractivity contribution >= 4 is 0 Å². The molecule has 4 unspecified atom stereocenters. The van der Waals surface area contributed by atoms with Crippen molar-refractivity contribution in [3.05, 3.63) is 0 Å². The first kappa shape index (κ1) is 13.0. The van der Waals surface area contributed by atoms with Gasteiger partial charge in [0.15, 0.2) is 0 Å². The largest absolute Gasteiger partial charge is 0.313 e. The van der Waals surface area contributed by atoms with Crippen molar-refractivity contribution in [2.45, 2.75) is 77.2 Å². The molecule has 0 amide bonds. The summed E-state index contributed by atoms with van der Waals surface area (Å²) in [7, 11) is 0. The first-order valence-corrected chi connectivity index (χ1v) is 8.62. The van der Waals surface area contributed by atoms with Crippen LogP contribution in [0.1, 0.15) is 71.1 Å². The van der Waals surface area contributed by atoms with Crippen LogP contribution in [0.15, 0.2) is 0 Å². The third-order valence-electron chi connectivity index (χ3n) is 6.04. The summed E-state index contributed by atoms with van der Waals surface area (Å²) in [5, 5.41) is 3.97. The van der Waals surface area contributed by atoms with Gasteiger partial charge in [-0.05, 0) is 68.7 Å². The molecular weight excluding hydrogens is 218 g/mol. The third-order valence-corrected chi connectivity index (χ3v) is 6.04. The van der Waals surface area contributed by atoms with Crippen LogP contribution in [0.5, 0.6) is 0 Å². The molecule has 2 bridgehead atoms. The van der Waals surface area contributed by atoms with E-state index in [9.17, 15) is 0 Å². The summed E-state index contributed by atoms with van der Waals surface area (Å²) in [6.07, 6.45) is 15.0. The van der Waals surface area contributed by atoms with Gasteiger partial charge in [0, 0.05) is 6.04 Å². The van der Waals surface area contributed by atoms with Crippen LogP contribution < -0.4 is 5.32 Å². The van der Waals surface area contributed by atoms with Crippen molar-refractivity contribution in [3.63, 3.8) is 0 Å². The van der Waals surface area contributed by atoms with Gasteiger partial charge in [0.1, 0.15) is 0 Å². The minimum Gasteiger partial charge on any atom is -0.313 e. The molecule has 0 aromatic heterocycles. The maximum atomic E-state index is 3.97. The summed E-state index contributed by atoms with van der Waals surface area (Å²) in [6.45, 7) is 3.56. The molecule has 0 heterocycles. The van der Waals surface area contributed by atoms with Crippen LogP contribution >= 0.6 is 0 Å². The minimum atomic E-state index is 0.876. The molecule has 0 aliphatic heterocycles. The molecule has 1 N–H and O–H groups in total. The number of nitrogens with one attached hydrogen (secondary N) is 1. The molecule has 3 aliphatic carbocycles. The SMILES string of the molecule is CCCNC(C1CCCCC1)C1CC2CCC1C2. The normalized spacial score (nSPS) is 38.2. The van der Waals surface area contributed by atoms with Crippen LogP contribution in [0, 0.1) is 23.7 Å². The fourth-order valence-electron chi connectivity index (χ4n) is 5.21. The Morgan fingerprint density at radius 2 is 1.83 bits per heavy atom. The molecule has 3 aliphatic rings. The lowest BCUT2D eigenvalue weighted by molar-refractivity contribution is 0.160. The van der Waals surface area contributed by atoms with Gasteiger partial charge in [-0.25, -0.2) is 0 Å². The maximum Gasteiger partial charge on any atom is 0.0126 e. The summed E-state index contributed by atoms with van der Waals surface area (Å²) < 4.78 is 0. The van der Waals surface area contributed by atoms with Crippen LogP contribution in [0.2, 0.25) is 0 Å². The Morgan fingerprint density at radius 1 is 1.00 bits per heavy atom. The fraction of sp³-hybridized carbons (Fsp3) is 1.00. The molecule has 104 valence electrons. The Hall–Kier alpha value is -0.0400. The van der Waals surface area contributed by atoms with Crippen LogP contribution in [0.3, 0.4) is 0 Å². The molecule has 0 radical (unpaired) electrons. The third kappa shape index (κ3) is 2.61.